The van der Waals surface area contributed by atoms with Gasteiger partial charge in [-0.1, -0.05) is 66.7 Å². The van der Waals surface area contributed by atoms with Crippen molar-refractivity contribution >= 4 is 0 Å². The molecular formula is C24H25NO. The fourth-order valence-corrected chi connectivity index (χ4v) is 4.01. The average Bonchev–Trinajstić information content (AvgIpc) is 2.72. The van der Waals surface area contributed by atoms with Crippen molar-refractivity contribution in [2.45, 2.75) is 31.4 Å². The Balaban J connectivity index is 1.59. The van der Waals surface area contributed by atoms with Gasteiger partial charge in [-0.15, -0.1) is 0 Å². The predicted octanol–water partition coefficient (Wildman–Crippen LogP) is 4.93. The summed E-state index contributed by atoms with van der Waals surface area (Å²) in [6.07, 6.45) is 2.23. The molecule has 0 aliphatic heterocycles. The standard InChI is InChI=1S/C24H25NO/c1-25-23-15-12-20-16-21(26-17-18-8-4-2-5-9-18)13-14-22(20)24(23)19-10-6-3-7-11-19/h2-11,13-14,16,23-25H,12,15,17H2,1H3. The van der Waals surface area contributed by atoms with Crippen molar-refractivity contribution in [2.24, 2.45) is 0 Å². The molecule has 0 radical (unpaired) electrons. The van der Waals surface area contributed by atoms with Crippen LogP contribution >= 0.6 is 0 Å². The van der Waals surface area contributed by atoms with Gasteiger partial charge in [0.05, 0.1) is 0 Å². The second-order valence-corrected chi connectivity index (χ2v) is 6.96. The van der Waals surface area contributed by atoms with Crippen molar-refractivity contribution in [1.82, 2.24) is 5.32 Å². The molecule has 2 heteroatoms. The smallest absolute Gasteiger partial charge is 0.120 e. The Kier molecular flexibility index (Phi) is 5.03. The molecule has 1 N–H and O–H groups in total. The fourth-order valence-electron chi connectivity index (χ4n) is 4.01. The molecule has 0 bridgehead atoms. The normalized spacial score (nSPS) is 19.0. The number of rotatable bonds is 5. The van der Waals surface area contributed by atoms with Gasteiger partial charge in [0.1, 0.15) is 12.4 Å². The summed E-state index contributed by atoms with van der Waals surface area (Å²) in [5.41, 5.74) is 5.41. The summed E-state index contributed by atoms with van der Waals surface area (Å²) >= 11 is 0. The molecule has 2 atom stereocenters. The molecule has 0 aromatic heterocycles. The lowest BCUT2D eigenvalue weighted by atomic mass is 9.75. The van der Waals surface area contributed by atoms with Crippen LogP contribution < -0.4 is 10.1 Å². The van der Waals surface area contributed by atoms with Gasteiger partial charge in [-0.05, 0) is 54.3 Å². The lowest BCUT2D eigenvalue weighted by molar-refractivity contribution is 0.305. The van der Waals surface area contributed by atoms with E-state index in [9.17, 15) is 0 Å². The Hall–Kier alpha value is -2.58. The maximum atomic E-state index is 6.04. The van der Waals surface area contributed by atoms with Gasteiger partial charge in [0.15, 0.2) is 0 Å². The van der Waals surface area contributed by atoms with E-state index in [1.165, 1.54) is 22.3 Å². The van der Waals surface area contributed by atoms with Crippen LogP contribution in [0.4, 0.5) is 0 Å². The lowest BCUT2D eigenvalue weighted by Crippen LogP contribution is -2.36. The summed E-state index contributed by atoms with van der Waals surface area (Å²) in [6.45, 7) is 0.612. The second kappa shape index (κ2) is 7.76. The van der Waals surface area contributed by atoms with Gasteiger partial charge in [-0.3, -0.25) is 0 Å². The van der Waals surface area contributed by atoms with Crippen LogP contribution in [0.1, 0.15) is 34.6 Å². The van der Waals surface area contributed by atoms with Gasteiger partial charge < -0.3 is 10.1 Å². The molecule has 0 fully saturated rings. The van der Waals surface area contributed by atoms with Crippen LogP contribution in [0.25, 0.3) is 0 Å². The van der Waals surface area contributed by atoms with Crippen LogP contribution in [0.5, 0.6) is 5.75 Å². The van der Waals surface area contributed by atoms with Crippen LogP contribution in [0, 0.1) is 0 Å². The van der Waals surface area contributed by atoms with Gasteiger partial charge in [-0.2, -0.15) is 0 Å². The Morgan fingerprint density at radius 3 is 2.38 bits per heavy atom. The van der Waals surface area contributed by atoms with Gasteiger partial charge in [0.2, 0.25) is 0 Å². The van der Waals surface area contributed by atoms with Crippen molar-refractivity contribution in [3.05, 3.63) is 101 Å². The van der Waals surface area contributed by atoms with Gasteiger partial charge in [-0.25, -0.2) is 0 Å². The number of hydrogen-bond acceptors (Lipinski definition) is 2. The maximum Gasteiger partial charge on any atom is 0.120 e. The van der Waals surface area contributed by atoms with Crippen molar-refractivity contribution in [2.75, 3.05) is 7.05 Å². The van der Waals surface area contributed by atoms with Gasteiger partial charge >= 0.3 is 0 Å². The molecule has 0 heterocycles. The zero-order chi connectivity index (χ0) is 17.8. The summed E-state index contributed by atoms with van der Waals surface area (Å²) < 4.78 is 6.04. The van der Waals surface area contributed by atoms with Crippen LogP contribution in [-0.2, 0) is 13.0 Å². The van der Waals surface area contributed by atoms with Crippen molar-refractivity contribution in [1.29, 1.82) is 0 Å². The maximum absolute atomic E-state index is 6.04. The third-order valence-corrected chi connectivity index (χ3v) is 5.35. The first-order chi connectivity index (χ1) is 12.8. The number of hydrogen-bond donors (Lipinski definition) is 1. The largest absolute Gasteiger partial charge is 0.489 e. The van der Waals surface area contributed by atoms with Gasteiger partial charge in [0, 0.05) is 12.0 Å². The molecule has 3 aromatic carbocycles. The molecule has 2 nitrogen and oxygen atoms in total. The molecule has 132 valence electrons. The Morgan fingerprint density at radius 2 is 1.65 bits per heavy atom. The molecule has 3 aromatic rings. The Morgan fingerprint density at radius 1 is 0.923 bits per heavy atom. The summed E-state index contributed by atoms with van der Waals surface area (Å²) in [4.78, 5) is 0. The van der Waals surface area contributed by atoms with E-state index in [2.05, 4.69) is 73.0 Å². The Bertz CT molecular complexity index is 845. The third-order valence-electron chi connectivity index (χ3n) is 5.35. The summed E-state index contributed by atoms with van der Waals surface area (Å²) in [7, 11) is 2.07. The highest BCUT2D eigenvalue weighted by molar-refractivity contribution is 5.45. The Labute approximate surface area is 155 Å². The van der Waals surface area contributed by atoms with Crippen molar-refractivity contribution in [3.63, 3.8) is 0 Å². The molecular weight excluding hydrogens is 318 g/mol. The molecule has 26 heavy (non-hydrogen) atoms. The number of likely N-dealkylation sites (N-methyl/N-ethyl adjacent to an activating group) is 1. The highest BCUT2D eigenvalue weighted by atomic mass is 16.5. The zero-order valence-corrected chi connectivity index (χ0v) is 15.2. The number of fused-ring (bicyclic) bond motifs is 1. The number of ether oxygens (including phenoxy) is 1. The molecule has 0 amide bonds. The topological polar surface area (TPSA) is 21.3 Å². The minimum absolute atomic E-state index is 0.396. The van der Waals surface area contributed by atoms with Crippen molar-refractivity contribution < 1.29 is 4.74 Å². The predicted molar refractivity (Wildman–Crippen MR) is 107 cm³/mol. The monoisotopic (exact) mass is 343 g/mol. The summed E-state index contributed by atoms with van der Waals surface area (Å²) in [5, 5.41) is 3.52. The average molecular weight is 343 g/mol. The molecule has 0 spiro atoms. The van der Waals surface area contributed by atoms with E-state index in [1.807, 2.05) is 18.2 Å². The zero-order valence-electron chi connectivity index (χ0n) is 15.2. The molecule has 1 aliphatic carbocycles. The van der Waals surface area contributed by atoms with Crippen molar-refractivity contribution in [3.8, 4) is 5.75 Å². The molecule has 2 unspecified atom stereocenters. The minimum atomic E-state index is 0.396. The van der Waals surface area contributed by atoms with E-state index in [4.69, 9.17) is 4.74 Å². The van der Waals surface area contributed by atoms with E-state index in [-0.39, 0.29) is 0 Å². The first-order valence-corrected chi connectivity index (χ1v) is 9.37. The van der Waals surface area contributed by atoms with E-state index in [0.29, 0.717) is 18.6 Å². The lowest BCUT2D eigenvalue weighted by Gasteiger charge is -2.34. The molecule has 4 rings (SSSR count). The SMILES string of the molecule is CNC1CCc2cc(OCc3ccccc3)ccc2C1c1ccccc1. The van der Waals surface area contributed by atoms with Crippen LogP contribution in [-0.4, -0.2) is 13.1 Å². The van der Waals surface area contributed by atoms with E-state index in [0.717, 1.165) is 18.6 Å². The fraction of sp³-hybridized carbons (Fsp3) is 0.250. The van der Waals surface area contributed by atoms with Crippen LogP contribution in [0.3, 0.4) is 0 Å². The number of benzene rings is 3. The third kappa shape index (κ3) is 3.51. The van der Waals surface area contributed by atoms with Crippen LogP contribution in [0.2, 0.25) is 0 Å². The highest BCUT2D eigenvalue weighted by Crippen LogP contribution is 2.38. The molecule has 1 aliphatic rings. The van der Waals surface area contributed by atoms with E-state index < -0.39 is 0 Å². The number of aryl methyl sites for hydroxylation is 1. The first kappa shape index (κ1) is 16.9. The van der Waals surface area contributed by atoms with Crippen LogP contribution in [0.15, 0.2) is 78.9 Å². The van der Waals surface area contributed by atoms with E-state index in [1.54, 1.807) is 0 Å². The summed E-state index contributed by atoms with van der Waals surface area (Å²) in [5.74, 6) is 1.36. The number of nitrogens with one attached hydrogen (secondary N) is 1. The second-order valence-electron chi connectivity index (χ2n) is 6.96. The van der Waals surface area contributed by atoms with E-state index >= 15 is 0 Å². The molecule has 0 saturated heterocycles. The molecule has 0 saturated carbocycles. The first-order valence-electron chi connectivity index (χ1n) is 9.37. The summed E-state index contributed by atoms with van der Waals surface area (Å²) in [6, 6.07) is 28.2. The quantitative estimate of drug-likeness (QED) is 0.709. The minimum Gasteiger partial charge on any atom is -0.489 e. The van der Waals surface area contributed by atoms with Gasteiger partial charge in [0.25, 0.3) is 0 Å². The highest BCUT2D eigenvalue weighted by Gasteiger charge is 2.29.